The molecule has 1 unspecified atom stereocenters. The molecule has 0 amide bonds. The molecular weight excluding hydrogens is 323 g/mol. The predicted octanol–water partition coefficient (Wildman–Crippen LogP) is 3.46. The van der Waals surface area contributed by atoms with E-state index >= 15 is 0 Å². The zero-order valence-electron chi connectivity index (χ0n) is 11.3. The molecule has 0 radical (unpaired) electrons. The average molecular weight is 339 g/mol. The first kappa shape index (κ1) is 15.0. The molecule has 0 bridgehead atoms. The van der Waals surface area contributed by atoms with E-state index in [1.165, 1.54) is 13.2 Å². The van der Waals surface area contributed by atoms with Gasteiger partial charge in [-0.05, 0) is 35.7 Å². The van der Waals surface area contributed by atoms with Gasteiger partial charge in [-0.15, -0.1) is 0 Å². The molecule has 3 N–H and O–H groups in total. The molecule has 0 heterocycles. The van der Waals surface area contributed by atoms with Gasteiger partial charge in [-0.3, -0.25) is 5.84 Å². The summed E-state index contributed by atoms with van der Waals surface area (Å²) < 4.78 is 19.7. The molecule has 5 heteroatoms. The van der Waals surface area contributed by atoms with Crippen LogP contribution in [0.1, 0.15) is 22.7 Å². The highest BCUT2D eigenvalue weighted by atomic mass is 79.9. The van der Waals surface area contributed by atoms with Crippen LogP contribution in [-0.4, -0.2) is 7.11 Å². The number of nitrogens with one attached hydrogen (secondary N) is 1. The Morgan fingerprint density at radius 2 is 2.05 bits per heavy atom. The van der Waals surface area contributed by atoms with Crippen molar-refractivity contribution in [2.75, 3.05) is 7.11 Å². The minimum atomic E-state index is -0.408. The molecule has 0 fully saturated rings. The van der Waals surface area contributed by atoms with E-state index in [1.54, 1.807) is 12.1 Å². The lowest BCUT2D eigenvalue weighted by molar-refractivity contribution is 0.385. The summed E-state index contributed by atoms with van der Waals surface area (Å²) in [6.45, 7) is 2.00. The molecular formula is C15H16BrFN2O. The van der Waals surface area contributed by atoms with Gasteiger partial charge in [-0.2, -0.15) is 0 Å². The highest BCUT2D eigenvalue weighted by Crippen LogP contribution is 2.31. The van der Waals surface area contributed by atoms with Crippen molar-refractivity contribution in [3.63, 3.8) is 0 Å². The van der Waals surface area contributed by atoms with Crippen molar-refractivity contribution in [2.24, 2.45) is 5.84 Å². The van der Waals surface area contributed by atoms with E-state index in [-0.39, 0.29) is 11.8 Å². The Hall–Kier alpha value is -1.43. The van der Waals surface area contributed by atoms with E-state index < -0.39 is 5.82 Å². The van der Waals surface area contributed by atoms with Crippen molar-refractivity contribution in [1.82, 2.24) is 5.43 Å². The number of nitrogens with two attached hydrogens (primary N) is 1. The number of rotatable bonds is 4. The number of methoxy groups -OCH3 is 1. The first-order valence-corrected chi connectivity index (χ1v) is 6.92. The Balaban J connectivity index is 2.47. The third-order valence-corrected chi connectivity index (χ3v) is 4.29. The summed E-state index contributed by atoms with van der Waals surface area (Å²) in [5.74, 6) is 5.46. The van der Waals surface area contributed by atoms with E-state index in [9.17, 15) is 4.39 Å². The van der Waals surface area contributed by atoms with Gasteiger partial charge >= 0.3 is 0 Å². The number of hydrazine groups is 1. The minimum absolute atomic E-state index is 0.216. The zero-order chi connectivity index (χ0) is 14.7. The predicted molar refractivity (Wildman–Crippen MR) is 81.0 cm³/mol. The number of aryl methyl sites for hydroxylation is 1. The van der Waals surface area contributed by atoms with Crippen molar-refractivity contribution in [3.05, 3.63) is 63.4 Å². The van der Waals surface area contributed by atoms with Crippen LogP contribution in [0.25, 0.3) is 0 Å². The molecule has 0 aliphatic carbocycles. The monoisotopic (exact) mass is 338 g/mol. The Kier molecular flexibility index (Phi) is 4.75. The molecule has 0 spiro atoms. The molecule has 20 heavy (non-hydrogen) atoms. The summed E-state index contributed by atoms with van der Waals surface area (Å²) in [5.41, 5.74) is 5.51. The SMILES string of the molecule is COc1ccc(C(NN)c2cccc(C)c2Br)cc1F. The Bertz CT molecular complexity index is 619. The molecule has 1 atom stereocenters. The second kappa shape index (κ2) is 6.35. The highest BCUT2D eigenvalue weighted by molar-refractivity contribution is 9.10. The van der Waals surface area contributed by atoms with Gasteiger partial charge in [0.15, 0.2) is 11.6 Å². The largest absolute Gasteiger partial charge is 0.494 e. The summed E-state index contributed by atoms with van der Waals surface area (Å²) in [7, 11) is 1.44. The van der Waals surface area contributed by atoms with Gasteiger partial charge in [-0.1, -0.05) is 40.2 Å². The fourth-order valence-electron chi connectivity index (χ4n) is 2.12. The van der Waals surface area contributed by atoms with Crippen molar-refractivity contribution in [3.8, 4) is 5.75 Å². The molecule has 0 aliphatic heterocycles. The third-order valence-electron chi connectivity index (χ3n) is 3.21. The maximum Gasteiger partial charge on any atom is 0.165 e. The lowest BCUT2D eigenvalue weighted by Gasteiger charge is -2.20. The second-order valence-electron chi connectivity index (χ2n) is 4.47. The fraction of sp³-hybridized carbons (Fsp3) is 0.200. The van der Waals surface area contributed by atoms with E-state index in [4.69, 9.17) is 10.6 Å². The van der Waals surface area contributed by atoms with E-state index in [1.807, 2.05) is 25.1 Å². The molecule has 0 aromatic heterocycles. The van der Waals surface area contributed by atoms with Crippen LogP contribution in [0.4, 0.5) is 4.39 Å². The molecule has 2 aromatic rings. The molecule has 0 saturated heterocycles. The average Bonchev–Trinajstić information content (AvgIpc) is 2.44. The van der Waals surface area contributed by atoms with Crippen LogP contribution in [0.3, 0.4) is 0 Å². The number of halogens is 2. The highest BCUT2D eigenvalue weighted by Gasteiger charge is 2.17. The lowest BCUT2D eigenvalue weighted by atomic mass is 9.97. The summed E-state index contributed by atoms with van der Waals surface area (Å²) >= 11 is 3.55. The van der Waals surface area contributed by atoms with Crippen LogP contribution in [0, 0.1) is 12.7 Å². The van der Waals surface area contributed by atoms with Crippen molar-refractivity contribution < 1.29 is 9.13 Å². The minimum Gasteiger partial charge on any atom is -0.494 e. The van der Waals surface area contributed by atoms with Crippen LogP contribution < -0.4 is 16.0 Å². The Morgan fingerprint density at radius 3 is 2.65 bits per heavy atom. The molecule has 0 saturated carbocycles. The summed E-state index contributed by atoms with van der Waals surface area (Å²) in [5, 5.41) is 0. The van der Waals surface area contributed by atoms with E-state index in [2.05, 4.69) is 21.4 Å². The van der Waals surface area contributed by atoms with Gasteiger partial charge < -0.3 is 4.74 Å². The first-order chi connectivity index (χ1) is 9.58. The Labute approximate surface area is 126 Å². The van der Waals surface area contributed by atoms with Crippen molar-refractivity contribution >= 4 is 15.9 Å². The quantitative estimate of drug-likeness (QED) is 0.663. The van der Waals surface area contributed by atoms with Crippen LogP contribution in [0.2, 0.25) is 0 Å². The van der Waals surface area contributed by atoms with Gasteiger partial charge in [0.2, 0.25) is 0 Å². The number of hydrogen-bond acceptors (Lipinski definition) is 3. The third kappa shape index (κ3) is 2.85. The van der Waals surface area contributed by atoms with Crippen molar-refractivity contribution in [1.29, 1.82) is 0 Å². The maximum atomic E-state index is 13.8. The van der Waals surface area contributed by atoms with Gasteiger partial charge in [0.25, 0.3) is 0 Å². The second-order valence-corrected chi connectivity index (χ2v) is 5.26. The molecule has 0 aliphatic rings. The molecule has 2 aromatic carbocycles. The molecule has 106 valence electrons. The Morgan fingerprint density at radius 1 is 1.30 bits per heavy atom. The van der Waals surface area contributed by atoms with E-state index in [0.717, 1.165) is 21.2 Å². The van der Waals surface area contributed by atoms with Crippen molar-refractivity contribution in [2.45, 2.75) is 13.0 Å². The van der Waals surface area contributed by atoms with Crippen LogP contribution in [0.15, 0.2) is 40.9 Å². The van der Waals surface area contributed by atoms with Gasteiger partial charge in [0.05, 0.1) is 13.2 Å². The summed E-state index contributed by atoms with van der Waals surface area (Å²) in [6, 6.07) is 10.4. The maximum absolute atomic E-state index is 13.8. The number of hydrogen-bond donors (Lipinski definition) is 2. The number of benzene rings is 2. The lowest BCUT2D eigenvalue weighted by Crippen LogP contribution is -2.29. The van der Waals surface area contributed by atoms with Gasteiger partial charge in [-0.25, -0.2) is 9.82 Å². The van der Waals surface area contributed by atoms with E-state index in [0.29, 0.717) is 0 Å². The van der Waals surface area contributed by atoms with Crippen LogP contribution >= 0.6 is 15.9 Å². The molecule has 3 nitrogen and oxygen atoms in total. The molecule has 2 rings (SSSR count). The fourth-order valence-corrected chi connectivity index (χ4v) is 2.61. The first-order valence-electron chi connectivity index (χ1n) is 6.13. The zero-order valence-corrected chi connectivity index (χ0v) is 12.9. The normalized spacial score (nSPS) is 12.2. The van der Waals surface area contributed by atoms with Gasteiger partial charge in [0, 0.05) is 4.47 Å². The van der Waals surface area contributed by atoms with Crippen LogP contribution in [0.5, 0.6) is 5.75 Å². The topological polar surface area (TPSA) is 47.3 Å². The summed E-state index contributed by atoms with van der Waals surface area (Å²) in [4.78, 5) is 0. The number of ether oxygens (including phenoxy) is 1. The smallest absolute Gasteiger partial charge is 0.165 e. The standard InChI is InChI=1S/C15H16BrFN2O/c1-9-4-3-5-11(14(9)16)15(19-18)10-6-7-13(20-2)12(17)8-10/h3-8,15,19H,18H2,1-2H3. The van der Waals surface area contributed by atoms with Crippen LogP contribution in [-0.2, 0) is 0 Å². The summed E-state index contributed by atoms with van der Waals surface area (Å²) in [6.07, 6.45) is 0. The van der Waals surface area contributed by atoms with Gasteiger partial charge in [0.1, 0.15) is 0 Å².